The van der Waals surface area contributed by atoms with Crippen molar-refractivity contribution >= 4 is 26.7 Å². The summed E-state index contributed by atoms with van der Waals surface area (Å²) in [5, 5.41) is 1.41. The number of allylic oxidation sites excluding steroid dienone is 1. The number of rotatable bonds is 11. The molecule has 0 radical (unpaired) electrons. The van der Waals surface area contributed by atoms with Crippen molar-refractivity contribution in [3.05, 3.63) is 45.8 Å². The first-order chi connectivity index (χ1) is 9.86. The second kappa shape index (κ2) is 12.6. The van der Waals surface area contributed by atoms with Gasteiger partial charge in [-0.2, -0.15) is 0 Å². The summed E-state index contributed by atoms with van der Waals surface area (Å²) in [6.45, 7) is 4.56. The summed E-state index contributed by atoms with van der Waals surface area (Å²) in [7, 11) is 0. The fourth-order valence-electron chi connectivity index (χ4n) is 1.80. The van der Waals surface area contributed by atoms with Crippen molar-refractivity contribution in [2.24, 2.45) is 0 Å². The molecule has 0 spiro atoms. The van der Waals surface area contributed by atoms with Crippen LogP contribution in [-0.4, -0.2) is 20.7 Å². The predicted molar refractivity (Wildman–Crippen MR) is 95.7 cm³/mol. The van der Waals surface area contributed by atoms with Gasteiger partial charge in [0.25, 0.3) is 0 Å². The second-order valence-electron chi connectivity index (χ2n) is 5.00. The summed E-state index contributed by atoms with van der Waals surface area (Å²) < 4.78 is 0. The van der Waals surface area contributed by atoms with Gasteiger partial charge in [0, 0.05) is 0 Å². The van der Waals surface area contributed by atoms with Gasteiger partial charge < -0.3 is 0 Å². The number of hydrogen-bond donors (Lipinski definition) is 0. The van der Waals surface area contributed by atoms with Gasteiger partial charge in [-0.05, 0) is 0 Å². The first kappa shape index (κ1) is 17.9. The Labute approximate surface area is 136 Å². The molecule has 0 fully saturated rings. The third-order valence-electron chi connectivity index (χ3n) is 3.12. The Hall–Kier alpha value is -0.171. The number of thioether (sulfide) groups is 1. The molecule has 0 saturated carbocycles. The fourth-order valence-corrected chi connectivity index (χ4v) is 5.44. The van der Waals surface area contributed by atoms with Gasteiger partial charge in [0.2, 0.25) is 0 Å². The van der Waals surface area contributed by atoms with E-state index in [2.05, 4.69) is 60.9 Å². The van der Waals surface area contributed by atoms with Gasteiger partial charge in [0.1, 0.15) is 0 Å². The van der Waals surface area contributed by atoms with Crippen molar-refractivity contribution < 1.29 is 0 Å². The van der Waals surface area contributed by atoms with Crippen LogP contribution in [0.1, 0.15) is 51.5 Å². The molecule has 0 atom stereocenters. The predicted octanol–water partition coefficient (Wildman–Crippen LogP) is 5.92. The zero-order valence-electron chi connectivity index (χ0n) is 12.9. The van der Waals surface area contributed by atoms with E-state index in [1.807, 2.05) is 0 Å². The molecule has 0 saturated heterocycles. The fraction of sp³-hybridized carbons (Fsp3) is 0.556. The molecular weight excluding hydrogens is 327 g/mol. The zero-order valence-corrected chi connectivity index (χ0v) is 15.5. The third-order valence-corrected chi connectivity index (χ3v) is 6.69. The summed E-state index contributed by atoms with van der Waals surface area (Å²) >= 11 is 2.81. The second-order valence-corrected chi connectivity index (χ2v) is 8.27. The van der Waals surface area contributed by atoms with Gasteiger partial charge in [-0.25, -0.2) is 0 Å². The zero-order chi connectivity index (χ0) is 14.5. The van der Waals surface area contributed by atoms with Gasteiger partial charge in [0.05, 0.1) is 0 Å². The molecule has 0 aromatic heterocycles. The van der Waals surface area contributed by atoms with Crippen molar-refractivity contribution in [2.45, 2.75) is 57.7 Å². The molecule has 2 heteroatoms. The summed E-state index contributed by atoms with van der Waals surface area (Å²) in [4.78, 5) is 4.20. The molecule has 1 aromatic rings. The Balaban J connectivity index is 2.39. The van der Waals surface area contributed by atoms with E-state index in [4.69, 9.17) is 0 Å². The minimum atomic E-state index is 0.710. The van der Waals surface area contributed by atoms with Gasteiger partial charge in [-0.1, -0.05) is 0 Å². The van der Waals surface area contributed by atoms with Gasteiger partial charge >= 0.3 is 136 Å². The monoisotopic (exact) mass is 356 g/mol. The van der Waals surface area contributed by atoms with Crippen molar-refractivity contribution in [2.75, 3.05) is 5.75 Å². The maximum absolute atomic E-state index is 2.56. The van der Waals surface area contributed by atoms with E-state index in [1.54, 1.807) is 4.91 Å². The Morgan fingerprint density at radius 2 is 1.85 bits per heavy atom. The van der Waals surface area contributed by atoms with Crippen molar-refractivity contribution in [1.82, 2.24) is 0 Å². The van der Waals surface area contributed by atoms with Crippen LogP contribution in [0.3, 0.4) is 0 Å². The van der Waals surface area contributed by atoms with Crippen LogP contribution in [0.2, 0.25) is 5.32 Å². The maximum atomic E-state index is 2.56. The molecule has 1 aromatic carbocycles. The molecule has 0 aliphatic carbocycles. The first-order valence-corrected chi connectivity index (χ1v) is 11.0. The Bertz CT molecular complexity index is 359. The Kier molecular flexibility index (Phi) is 11.2. The molecule has 0 bridgehead atoms. The SMILES string of the molecule is CCCCS/C(=C\[Se]CCCC)CCc1ccccc1. The quantitative estimate of drug-likeness (QED) is 0.351. The first-order valence-electron chi connectivity index (χ1n) is 7.84. The molecule has 112 valence electrons. The summed E-state index contributed by atoms with van der Waals surface area (Å²) in [5.74, 6) is 1.29. The average molecular weight is 355 g/mol. The Morgan fingerprint density at radius 1 is 1.10 bits per heavy atom. The molecule has 0 amide bonds. The normalized spacial score (nSPS) is 11.8. The third kappa shape index (κ3) is 8.89. The molecule has 0 aliphatic heterocycles. The van der Waals surface area contributed by atoms with Crippen LogP contribution in [-0.2, 0) is 6.42 Å². The summed E-state index contributed by atoms with van der Waals surface area (Å²) in [5.41, 5.74) is 1.47. The van der Waals surface area contributed by atoms with Crippen LogP contribution in [0.25, 0.3) is 0 Å². The van der Waals surface area contributed by atoms with Crippen LogP contribution in [0, 0.1) is 0 Å². The molecule has 1 rings (SSSR count). The van der Waals surface area contributed by atoms with E-state index in [-0.39, 0.29) is 0 Å². The van der Waals surface area contributed by atoms with Gasteiger partial charge in [-0.15, -0.1) is 0 Å². The average Bonchev–Trinajstić information content (AvgIpc) is 2.49. The van der Waals surface area contributed by atoms with Crippen LogP contribution in [0.5, 0.6) is 0 Å². The van der Waals surface area contributed by atoms with E-state index >= 15 is 0 Å². The van der Waals surface area contributed by atoms with Crippen LogP contribution < -0.4 is 0 Å². The molecular formula is C18H28SSe. The van der Waals surface area contributed by atoms with Gasteiger partial charge in [0.15, 0.2) is 0 Å². The van der Waals surface area contributed by atoms with E-state index in [9.17, 15) is 0 Å². The number of unbranched alkanes of at least 4 members (excludes halogenated alkanes) is 2. The standard InChI is InChI=1S/C18H28SSe/c1-3-5-14-19-18(16-20-15-6-4-2)13-12-17-10-8-7-9-11-17/h7-11,16H,3-6,12-15H2,1-2H3/b18-16-. The molecule has 0 aliphatic rings. The van der Waals surface area contributed by atoms with E-state index in [1.165, 1.54) is 55.2 Å². The molecule has 20 heavy (non-hydrogen) atoms. The Morgan fingerprint density at radius 3 is 2.55 bits per heavy atom. The van der Waals surface area contributed by atoms with Crippen LogP contribution in [0.4, 0.5) is 0 Å². The van der Waals surface area contributed by atoms with E-state index in [0.717, 1.165) is 0 Å². The van der Waals surface area contributed by atoms with Crippen molar-refractivity contribution in [3.63, 3.8) is 0 Å². The minimum absolute atomic E-state index is 0.710. The van der Waals surface area contributed by atoms with Crippen LogP contribution in [0.15, 0.2) is 40.2 Å². The summed E-state index contributed by atoms with van der Waals surface area (Å²) in [6.07, 6.45) is 7.79. The van der Waals surface area contributed by atoms with Gasteiger partial charge in [-0.3, -0.25) is 0 Å². The van der Waals surface area contributed by atoms with Crippen molar-refractivity contribution in [3.8, 4) is 0 Å². The molecule has 0 nitrogen and oxygen atoms in total. The van der Waals surface area contributed by atoms with E-state index < -0.39 is 0 Å². The van der Waals surface area contributed by atoms with E-state index in [0.29, 0.717) is 15.0 Å². The molecule has 0 unspecified atom stereocenters. The molecule has 0 heterocycles. The number of benzene rings is 1. The topological polar surface area (TPSA) is 0 Å². The number of hydrogen-bond acceptors (Lipinski definition) is 1. The number of aryl methyl sites for hydroxylation is 1. The van der Waals surface area contributed by atoms with Crippen LogP contribution >= 0.6 is 11.8 Å². The van der Waals surface area contributed by atoms with Crippen molar-refractivity contribution in [1.29, 1.82) is 0 Å². The molecule has 0 N–H and O–H groups in total. The summed E-state index contributed by atoms with van der Waals surface area (Å²) in [6, 6.07) is 10.9.